The van der Waals surface area contributed by atoms with Crippen LogP contribution in [0.5, 0.6) is 0 Å². The summed E-state index contributed by atoms with van der Waals surface area (Å²) in [5.41, 5.74) is 1.08. The smallest absolute Gasteiger partial charge is 0.303 e. The van der Waals surface area contributed by atoms with Crippen molar-refractivity contribution in [2.45, 2.75) is 26.8 Å². The summed E-state index contributed by atoms with van der Waals surface area (Å²) in [5, 5.41) is 0. The molecule has 0 radical (unpaired) electrons. The van der Waals surface area contributed by atoms with Gasteiger partial charge in [0.05, 0.1) is 0 Å². The lowest BCUT2D eigenvalue weighted by molar-refractivity contribution is 0.652. The lowest BCUT2D eigenvalue weighted by atomic mass is 10.4. The predicted molar refractivity (Wildman–Crippen MR) is 53.4 cm³/mol. The van der Waals surface area contributed by atoms with Crippen molar-refractivity contribution in [2.75, 3.05) is 5.88 Å². The molecule has 0 amide bonds. The molecule has 1 aromatic rings. The van der Waals surface area contributed by atoms with Crippen LogP contribution in [-0.4, -0.2) is 10.4 Å². The van der Waals surface area contributed by atoms with Gasteiger partial charge in [0.2, 0.25) is 0 Å². The molecule has 0 aliphatic heterocycles. The molecule has 0 aromatic carbocycles. The number of thiazole rings is 1. The predicted octanol–water partition coefficient (Wildman–Crippen LogP) is 2.16. The Morgan fingerprint density at radius 3 is 2.58 bits per heavy atom. The van der Waals surface area contributed by atoms with Gasteiger partial charge in [0, 0.05) is 23.0 Å². The summed E-state index contributed by atoms with van der Waals surface area (Å²) >= 11 is 6.86. The molecule has 0 unspecified atom stereocenters. The first-order valence-electron chi connectivity index (χ1n) is 3.89. The summed E-state index contributed by atoms with van der Waals surface area (Å²) in [6, 6.07) is 0. The zero-order valence-corrected chi connectivity index (χ0v) is 8.84. The maximum Gasteiger partial charge on any atom is 0.307 e. The standard InChI is InChI=1S/C8H12ClNOS/c1-6-7(2)12-8(11)10(6)5-3-4-9/h3-5H2,1-2H3. The summed E-state index contributed by atoms with van der Waals surface area (Å²) in [7, 11) is 0. The fourth-order valence-corrected chi connectivity index (χ4v) is 2.04. The van der Waals surface area contributed by atoms with Gasteiger partial charge in [0.1, 0.15) is 0 Å². The van der Waals surface area contributed by atoms with E-state index in [1.807, 2.05) is 13.8 Å². The van der Waals surface area contributed by atoms with E-state index >= 15 is 0 Å². The van der Waals surface area contributed by atoms with Crippen LogP contribution in [0.15, 0.2) is 4.79 Å². The SMILES string of the molecule is Cc1sc(=O)n(CCCCl)c1C. The number of halogens is 1. The Morgan fingerprint density at radius 2 is 2.17 bits per heavy atom. The molecule has 1 rings (SSSR count). The molecule has 0 aliphatic carbocycles. The average Bonchev–Trinajstić information content (AvgIpc) is 2.25. The van der Waals surface area contributed by atoms with Crippen LogP contribution < -0.4 is 4.87 Å². The Balaban J connectivity index is 2.90. The molecule has 1 heterocycles. The van der Waals surface area contributed by atoms with Gasteiger partial charge in [-0.2, -0.15) is 0 Å². The van der Waals surface area contributed by atoms with Gasteiger partial charge >= 0.3 is 4.87 Å². The molecule has 0 bridgehead atoms. The molecule has 68 valence electrons. The number of hydrogen-bond donors (Lipinski definition) is 0. The van der Waals surface area contributed by atoms with E-state index in [0.717, 1.165) is 23.5 Å². The van der Waals surface area contributed by atoms with E-state index in [-0.39, 0.29) is 4.87 Å². The van der Waals surface area contributed by atoms with Crippen LogP contribution in [0.3, 0.4) is 0 Å². The molecule has 0 atom stereocenters. The minimum absolute atomic E-state index is 0.134. The van der Waals surface area contributed by atoms with Crippen LogP contribution >= 0.6 is 22.9 Å². The van der Waals surface area contributed by atoms with Crippen LogP contribution in [0.2, 0.25) is 0 Å². The third kappa shape index (κ3) is 1.90. The van der Waals surface area contributed by atoms with Gasteiger partial charge in [-0.1, -0.05) is 11.3 Å². The van der Waals surface area contributed by atoms with Crippen LogP contribution in [0, 0.1) is 13.8 Å². The molecule has 0 aliphatic rings. The number of alkyl halides is 1. The number of aromatic nitrogens is 1. The molecule has 0 fully saturated rings. The molecule has 12 heavy (non-hydrogen) atoms. The number of aryl methyl sites for hydroxylation is 1. The third-order valence-electron chi connectivity index (χ3n) is 1.89. The highest BCUT2D eigenvalue weighted by Gasteiger charge is 2.05. The van der Waals surface area contributed by atoms with Gasteiger partial charge in [-0.05, 0) is 20.3 Å². The maximum absolute atomic E-state index is 11.3. The number of rotatable bonds is 3. The topological polar surface area (TPSA) is 22.0 Å². The first kappa shape index (κ1) is 9.81. The first-order valence-corrected chi connectivity index (χ1v) is 5.24. The van der Waals surface area contributed by atoms with Crippen LogP contribution in [0.25, 0.3) is 0 Å². The number of hydrogen-bond acceptors (Lipinski definition) is 2. The summed E-state index contributed by atoms with van der Waals surface area (Å²) in [5.74, 6) is 0.612. The fraction of sp³-hybridized carbons (Fsp3) is 0.625. The second-order valence-electron chi connectivity index (χ2n) is 2.70. The molecular weight excluding hydrogens is 194 g/mol. The monoisotopic (exact) mass is 205 g/mol. The van der Waals surface area contributed by atoms with E-state index in [2.05, 4.69) is 0 Å². The lowest BCUT2D eigenvalue weighted by Gasteiger charge is -2.01. The van der Waals surface area contributed by atoms with E-state index in [9.17, 15) is 4.79 Å². The Morgan fingerprint density at radius 1 is 1.50 bits per heavy atom. The zero-order valence-electron chi connectivity index (χ0n) is 7.26. The van der Waals surface area contributed by atoms with Gasteiger partial charge < -0.3 is 4.57 Å². The highest BCUT2D eigenvalue weighted by atomic mass is 35.5. The largest absolute Gasteiger partial charge is 0.307 e. The minimum Gasteiger partial charge on any atom is -0.303 e. The molecule has 0 spiro atoms. The minimum atomic E-state index is 0.134. The van der Waals surface area contributed by atoms with E-state index in [1.165, 1.54) is 11.3 Å². The summed E-state index contributed by atoms with van der Waals surface area (Å²) in [6.07, 6.45) is 0.860. The normalized spacial score (nSPS) is 10.6. The third-order valence-corrected chi connectivity index (χ3v) is 3.15. The van der Waals surface area contributed by atoms with E-state index < -0.39 is 0 Å². The second-order valence-corrected chi connectivity index (χ2v) is 4.25. The Kier molecular flexibility index (Phi) is 3.35. The average molecular weight is 206 g/mol. The molecule has 0 N–H and O–H groups in total. The van der Waals surface area contributed by atoms with Crippen LogP contribution in [0.4, 0.5) is 0 Å². The van der Waals surface area contributed by atoms with E-state index in [1.54, 1.807) is 4.57 Å². The van der Waals surface area contributed by atoms with Crippen LogP contribution in [0.1, 0.15) is 17.0 Å². The molecular formula is C8H12ClNOS. The summed E-state index contributed by atoms with van der Waals surface area (Å²) in [4.78, 5) is 12.5. The Hall–Kier alpha value is -0.280. The molecule has 0 saturated heterocycles. The van der Waals surface area contributed by atoms with E-state index in [0.29, 0.717) is 5.88 Å². The van der Waals surface area contributed by atoms with Crippen molar-refractivity contribution in [1.29, 1.82) is 0 Å². The van der Waals surface area contributed by atoms with Crippen molar-refractivity contribution in [2.24, 2.45) is 0 Å². The molecule has 1 aromatic heterocycles. The van der Waals surface area contributed by atoms with Crippen molar-refractivity contribution in [3.05, 3.63) is 20.2 Å². The molecule has 0 saturated carbocycles. The molecule has 2 nitrogen and oxygen atoms in total. The first-order chi connectivity index (χ1) is 5.66. The second kappa shape index (κ2) is 4.10. The van der Waals surface area contributed by atoms with Crippen molar-refractivity contribution in [1.82, 2.24) is 4.57 Å². The van der Waals surface area contributed by atoms with Crippen LogP contribution in [-0.2, 0) is 6.54 Å². The van der Waals surface area contributed by atoms with Crippen molar-refractivity contribution >= 4 is 22.9 Å². The van der Waals surface area contributed by atoms with Gasteiger partial charge in [-0.3, -0.25) is 4.79 Å². The summed E-state index contributed by atoms with van der Waals surface area (Å²) in [6.45, 7) is 4.69. The van der Waals surface area contributed by atoms with Crippen molar-refractivity contribution < 1.29 is 0 Å². The Labute approximate surface area is 80.8 Å². The highest BCUT2D eigenvalue weighted by Crippen LogP contribution is 2.09. The quantitative estimate of drug-likeness (QED) is 0.694. The van der Waals surface area contributed by atoms with Crippen molar-refractivity contribution in [3.63, 3.8) is 0 Å². The maximum atomic E-state index is 11.3. The molecule has 4 heteroatoms. The summed E-state index contributed by atoms with van der Waals surface area (Å²) < 4.78 is 1.79. The van der Waals surface area contributed by atoms with E-state index in [4.69, 9.17) is 11.6 Å². The van der Waals surface area contributed by atoms with Gasteiger partial charge in [0.15, 0.2) is 0 Å². The number of nitrogens with zero attached hydrogens (tertiary/aromatic N) is 1. The van der Waals surface area contributed by atoms with Gasteiger partial charge in [0.25, 0.3) is 0 Å². The highest BCUT2D eigenvalue weighted by molar-refractivity contribution is 7.09. The Bertz CT molecular complexity index is 315. The van der Waals surface area contributed by atoms with Gasteiger partial charge in [-0.15, -0.1) is 11.6 Å². The van der Waals surface area contributed by atoms with Crippen molar-refractivity contribution in [3.8, 4) is 0 Å². The fourth-order valence-electron chi connectivity index (χ4n) is 1.06. The zero-order chi connectivity index (χ0) is 9.14. The lowest BCUT2D eigenvalue weighted by Crippen LogP contribution is -2.14. The van der Waals surface area contributed by atoms with Gasteiger partial charge in [-0.25, -0.2) is 0 Å².